The van der Waals surface area contributed by atoms with Crippen LogP contribution in [0.2, 0.25) is 0 Å². The van der Waals surface area contributed by atoms with Gasteiger partial charge in [0.25, 0.3) is 0 Å². The summed E-state index contributed by atoms with van der Waals surface area (Å²) in [5.74, 6) is -3.19. The van der Waals surface area contributed by atoms with Gasteiger partial charge in [-0.2, -0.15) is 8.42 Å². The largest absolute Gasteiger partial charge is 1.00 e. The number of hydrogen-bond acceptors (Lipinski definition) is 14. The quantitative estimate of drug-likeness (QED) is 0.0193. The Labute approximate surface area is 475 Å². The summed E-state index contributed by atoms with van der Waals surface area (Å²) in [5, 5.41) is 7.59. The standard InChI is InChI=1S/C12H12N2O2.C11H11ClO3.C11H12O3.C10H8N2O2.CHCl3.Cl2O2S.K.H2O/c1-2-16-12(15)11-10(13-8-14-11)9-6-4-3-5-7-9;1-2-15-11(14)9(12)10(13)8-6-4-3-5-7-8;1-2-14-11(13)8-10(12)9-6-4-3-5-7-9;13-10(14)9-8(11-6-12-9)7-4-2-1-3-5-7;2-1(3)4;1-5(2,3)4;;/h3-8H,2H2,1H3,(H,13,14);3-7,9H,2H2,1H3;3-7H,2,8H2,1H3;1-6H,(H,11,12)(H,13,14);1H;;;1H2/q;;;;;;+1;/p-1. The fourth-order valence-electron chi connectivity index (χ4n) is 4.88. The number of rotatable bonds is 13. The van der Waals surface area contributed by atoms with E-state index in [1.54, 1.807) is 75.4 Å². The van der Waals surface area contributed by atoms with Crippen molar-refractivity contribution in [3.8, 4) is 22.5 Å². The van der Waals surface area contributed by atoms with E-state index >= 15 is 0 Å². The Kier molecular flexibility index (Phi) is 37.3. The number of aromatic amines is 2. The number of H-pyrrole nitrogens is 2. The molecule has 0 aliphatic rings. The Hall–Kier alpha value is -4.19. The molecule has 6 rings (SSSR count). The molecule has 17 nitrogen and oxygen atoms in total. The van der Waals surface area contributed by atoms with Gasteiger partial charge in [-0.3, -0.25) is 14.4 Å². The molecule has 4 aromatic carbocycles. The van der Waals surface area contributed by atoms with Gasteiger partial charge < -0.3 is 34.8 Å². The molecule has 0 amide bonds. The summed E-state index contributed by atoms with van der Waals surface area (Å²) in [7, 11) is 4.81. The predicted octanol–water partition coefficient (Wildman–Crippen LogP) is 7.41. The number of aromatic carboxylic acids is 1. The number of nitrogens with zero attached hydrogens (tertiary/aromatic N) is 2. The van der Waals surface area contributed by atoms with E-state index in [-0.39, 0.29) is 87.3 Å². The summed E-state index contributed by atoms with van der Waals surface area (Å²) in [6.45, 7) is 6.02. The minimum Gasteiger partial charge on any atom is -0.870 e. The summed E-state index contributed by atoms with van der Waals surface area (Å²) < 4.78 is 31.8. The van der Waals surface area contributed by atoms with E-state index < -0.39 is 41.6 Å². The molecule has 0 saturated heterocycles. The monoisotopic (exact) mass is 1130 g/mol. The molecule has 0 radical (unpaired) electrons. The van der Waals surface area contributed by atoms with E-state index in [9.17, 15) is 28.8 Å². The molecular weight excluding hydrogens is 1090 g/mol. The second-order valence-electron chi connectivity index (χ2n) is 12.3. The van der Waals surface area contributed by atoms with Crippen molar-refractivity contribution in [1.29, 1.82) is 0 Å². The van der Waals surface area contributed by atoms with E-state index in [1.807, 2.05) is 66.7 Å². The van der Waals surface area contributed by atoms with Crippen LogP contribution in [-0.4, -0.2) is 104 Å². The third-order valence-electron chi connectivity index (χ3n) is 7.55. The number of ketones is 2. The predicted molar refractivity (Wildman–Crippen MR) is 264 cm³/mol. The molecule has 0 fully saturated rings. The number of carbonyl (C=O) groups is 6. The second-order valence-corrected chi connectivity index (χ2v) is 18.3. The van der Waals surface area contributed by atoms with Crippen LogP contribution in [0.5, 0.6) is 0 Å². The number of carboxylic acid groups (broad SMARTS) is 1. The normalized spacial score (nSPS) is 10.1. The first kappa shape index (κ1) is 67.9. The average molecular weight is 1130 g/mol. The van der Waals surface area contributed by atoms with Gasteiger partial charge in [0.05, 0.1) is 32.5 Å². The van der Waals surface area contributed by atoms with Crippen LogP contribution >= 0.6 is 67.8 Å². The maximum atomic E-state index is 11.6. The molecule has 0 bridgehead atoms. The zero-order chi connectivity index (χ0) is 51.1. The number of hydrogen-bond donors (Lipinski definition) is 3. The van der Waals surface area contributed by atoms with Crippen LogP contribution in [0.4, 0.5) is 0 Å². The van der Waals surface area contributed by atoms with Crippen molar-refractivity contribution in [3.05, 3.63) is 156 Å². The number of halogens is 6. The minimum absolute atomic E-state index is 0. The fraction of sp³-hybridized carbons (Fsp3) is 0.200. The van der Waals surface area contributed by atoms with Gasteiger partial charge in [0.2, 0.25) is 0 Å². The Bertz CT molecular complexity index is 2550. The molecule has 25 heteroatoms. The van der Waals surface area contributed by atoms with E-state index in [0.717, 1.165) is 11.1 Å². The fourth-order valence-corrected chi connectivity index (χ4v) is 5.07. The van der Waals surface area contributed by atoms with Crippen molar-refractivity contribution in [2.24, 2.45) is 0 Å². The molecule has 2 heterocycles. The molecule has 0 aliphatic carbocycles. The maximum absolute atomic E-state index is 11.6. The summed E-state index contributed by atoms with van der Waals surface area (Å²) in [5.41, 5.74) is 4.26. The SMILES string of the molecule is CCOC(=O)C(Cl)C(=O)c1ccccc1.CCOC(=O)CC(=O)c1ccccc1.CCOC(=O)c1[nH]cnc1-c1ccccc1.ClC(Cl)Cl.O=C(O)c1[nH]cnc1-c1ccccc1.O=S(=O)(Cl)Cl.[K+].[OH-]. The number of carbonyl (C=O) groups excluding carboxylic acids is 5. The Morgan fingerprint density at radius 2 is 0.957 bits per heavy atom. The Morgan fingerprint density at radius 3 is 1.34 bits per heavy atom. The minimum atomic E-state index is -3.72. The zero-order valence-corrected chi connectivity index (χ0v) is 46.1. The van der Waals surface area contributed by atoms with Gasteiger partial charge in [0.15, 0.2) is 32.6 Å². The van der Waals surface area contributed by atoms with Crippen molar-refractivity contribution in [2.75, 3.05) is 19.8 Å². The van der Waals surface area contributed by atoms with Crippen LogP contribution in [0.3, 0.4) is 0 Å². The van der Waals surface area contributed by atoms with Gasteiger partial charge >= 0.3 is 83.5 Å². The van der Waals surface area contributed by atoms with Gasteiger partial charge in [-0.1, -0.05) is 156 Å². The summed E-state index contributed by atoms with van der Waals surface area (Å²) >= 11 is 20.1. The molecule has 1 unspecified atom stereocenters. The van der Waals surface area contributed by atoms with Crippen LogP contribution in [0, 0.1) is 0 Å². The van der Waals surface area contributed by atoms with Crippen LogP contribution in [0.15, 0.2) is 134 Å². The van der Waals surface area contributed by atoms with E-state index in [1.165, 1.54) is 12.7 Å². The molecule has 1 atom stereocenters. The number of aromatic nitrogens is 4. The van der Waals surface area contributed by atoms with Crippen molar-refractivity contribution in [1.82, 2.24) is 19.9 Å². The first-order valence-corrected chi connectivity index (χ1v) is 24.4. The van der Waals surface area contributed by atoms with Crippen molar-refractivity contribution in [2.45, 2.75) is 36.9 Å². The van der Waals surface area contributed by atoms with Crippen LogP contribution in [-0.2, 0) is 32.1 Å². The molecule has 6 aromatic rings. The number of nitrogens with one attached hydrogen (secondary N) is 2. The van der Waals surface area contributed by atoms with Crippen LogP contribution < -0.4 is 51.4 Å². The number of alkyl halides is 4. The summed E-state index contributed by atoms with van der Waals surface area (Å²) in [6.07, 6.45) is 2.69. The van der Waals surface area contributed by atoms with E-state index in [2.05, 4.69) is 50.8 Å². The van der Waals surface area contributed by atoms with Crippen molar-refractivity contribution in [3.63, 3.8) is 0 Å². The summed E-state index contributed by atoms with van der Waals surface area (Å²) in [4.78, 5) is 81.1. The average Bonchev–Trinajstić information content (AvgIpc) is 4.02. The van der Waals surface area contributed by atoms with E-state index in [4.69, 9.17) is 64.7 Å². The molecular formula is C45H45Cl6KN4O13S. The molecule has 4 N–H and O–H groups in total. The molecule has 372 valence electrons. The number of Topliss-reactive ketones (excluding diaryl/α,β-unsaturated/α-hetero) is 2. The van der Waals surface area contributed by atoms with Crippen molar-refractivity contribution >= 4 is 111 Å². The summed E-state index contributed by atoms with van der Waals surface area (Å²) in [6, 6.07) is 35.9. The van der Waals surface area contributed by atoms with Crippen LogP contribution in [0.1, 0.15) is 68.9 Å². The first-order chi connectivity index (χ1) is 32.2. The van der Waals surface area contributed by atoms with Gasteiger partial charge in [-0.15, -0.1) is 11.6 Å². The first-order valence-electron chi connectivity index (χ1n) is 19.5. The van der Waals surface area contributed by atoms with E-state index in [0.29, 0.717) is 41.4 Å². The Morgan fingerprint density at radius 1 is 0.600 bits per heavy atom. The molecule has 70 heavy (non-hydrogen) atoms. The number of benzene rings is 4. The number of carboxylic acids is 1. The molecule has 0 aliphatic heterocycles. The number of esters is 3. The van der Waals surface area contributed by atoms with Gasteiger partial charge in [0.1, 0.15) is 17.8 Å². The topological polar surface area (TPSA) is 272 Å². The molecule has 0 saturated carbocycles. The van der Waals surface area contributed by atoms with Gasteiger partial charge in [-0.25, -0.2) is 24.4 Å². The van der Waals surface area contributed by atoms with Gasteiger partial charge in [-0.05, 0) is 20.8 Å². The Balaban J connectivity index is 0. The zero-order valence-electron chi connectivity index (χ0n) is 37.6. The third kappa shape index (κ3) is 29.2. The molecule has 2 aromatic heterocycles. The van der Waals surface area contributed by atoms with Crippen LogP contribution in [0.25, 0.3) is 22.5 Å². The number of ether oxygens (including phenoxy) is 3. The third-order valence-corrected chi connectivity index (χ3v) is 7.93. The maximum Gasteiger partial charge on any atom is 1.00 e. The van der Waals surface area contributed by atoms with Crippen molar-refractivity contribution < 1.29 is 113 Å². The second kappa shape index (κ2) is 38.5. The number of imidazole rings is 2. The molecule has 0 spiro atoms. The van der Waals surface area contributed by atoms with Gasteiger partial charge in [0, 0.05) is 43.6 Å². The smallest absolute Gasteiger partial charge is 0.870 e.